The Bertz CT molecular complexity index is 676. The van der Waals surface area contributed by atoms with E-state index in [4.69, 9.17) is 16.3 Å². The molecular weight excluding hydrogens is 324 g/mol. The summed E-state index contributed by atoms with van der Waals surface area (Å²) >= 11 is 5.97. The van der Waals surface area contributed by atoms with E-state index in [0.29, 0.717) is 24.6 Å². The van der Waals surface area contributed by atoms with Gasteiger partial charge in [0.05, 0.1) is 6.42 Å². The summed E-state index contributed by atoms with van der Waals surface area (Å²) in [6.45, 7) is 3.07. The van der Waals surface area contributed by atoms with Gasteiger partial charge in [-0.05, 0) is 49.4 Å². The Morgan fingerprint density at radius 2 is 1.92 bits per heavy atom. The Labute approximate surface area is 148 Å². The minimum atomic E-state index is 0.00379. The standard InChI is InChI=1S/C19H23ClN2O2/c1-14(21-2)12-22-19(23)11-15-5-4-8-18(10-15)24-13-16-6-3-7-17(20)9-16/h3-10,14,21H,11-13H2,1-2H3,(H,22,23). The first-order chi connectivity index (χ1) is 11.6. The molecule has 0 spiro atoms. The van der Waals surface area contributed by atoms with Crippen LogP contribution in [0.15, 0.2) is 48.5 Å². The van der Waals surface area contributed by atoms with Crippen LogP contribution >= 0.6 is 11.6 Å². The molecule has 2 N–H and O–H groups in total. The number of halogens is 1. The molecule has 2 rings (SSSR count). The van der Waals surface area contributed by atoms with Gasteiger partial charge in [-0.3, -0.25) is 4.79 Å². The van der Waals surface area contributed by atoms with Crippen molar-refractivity contribution in [1.82, 2.24) is 10.6 Å². The molecule has 2 aromatic rings. The summed E-state index contributed by atoms with van der Waals surface area (Å²) in [6.07, 6.45) is 0.338. The Kier molecular flexibility index (Phi) is 7.09. The molecule has 0 radical (unpaired) electrons. The monoisotopic (exact) mass is 346 g/mol. The summed E-state index contributed by atoms with van der Waals surface area (Å²) < 4.78 is 5.78. The zero-order valence-electron chi connectivity index (χ0n) is 14.0. The molecule has 128 valence electrons. The second-order valence-electron chi connectivity index (χ2n) is 5.74. The second kappa shape index (κ2) is 9.30. The lowest BCUT2D eigenvalue weighted by atomic mass is 10.1. The molecule has 0 saturated carbocycles. The van der Waals surface area contributed by atoms with Crippen molar-refractivity contribution in [2.45, 2.75) is 26.0 Å². The number of hydrogen-bond acceptors (Lipinski definition) is 3. The highest BCUT2D eigenvalue weighted by atomic mass is 35.5. The molecule has 24 heavy (non-hydrogen) atoms. The predicted octanol–water partition coefficient (Wildman–Crippen LogP) is 3.19. The molecule has 0 aromatic heterocycles. The predicted molar refractivity (Wildman–Crippen MR) is 97.5 cm³/mol. The minimum absolute atomic E-state index is 0.00379. The van der Waals surface area contributed by atoms with Crippen molar-refractivity contribution in [2.24, 2.45) is 0 Å². The molecule has 0 bridgehead atoms. The maximum absolute atomic E-state index is 12.0. The van der Waals surface area contributed by atoms with Crippen molar-refractivity contribution in [3.05, 3.63) is 64.7 Å². The summed E-state index contributed by atoms with van der Waals surface area (Å²) in [5, 5.41) is 6.69. The number of hydrogen-bond donors (Lipinski definition) is 2. The van der Waals surface area contributed by atoms with Crippen LogP contribution in [-0.4, -0.2) is 25.5 Å². The molecule has 2 aromatic carbocycles. The third kappa shape index (κ3) is 6.22. The molecule has 1 unspecified atom stereocenters. The van der Waals surface area contributed by atoms with Crippen LogP contribution in [0.3, 0.4) is 0 Å². The fourth-order valence-electron chi connectivity index (χ4n) is 2.16. The van der Waals surface area contributed by atoms with Crippen LogP contribution in [0.25, 0.3) is 0 Å². The number of nitrogens with one attached hydrogen (secondary N) is 2. The van der Waals surface area contributed by atoms with Crippen LogP contribution in [0, 0.1) is 0 Å². The molecule has 4 nitrogen and oxygen atoms in total. The van der Waals surface area contributed by atoms with E-state index in [1.54, 1.807) is 0 Å². The van der Waals surface area contributed by atoms with Gasteiger partial charge >= 0.3 is 0 Å². The molecule has 0 heterocycles. The number of likely N-dealkylation sites (N-methyl/N-ethyl adjacent to an activating group) is 1. The number of carbonyl (C=O) groups is 1. The fraction of sp³-hybridized carbons (Fsp3) is 0.316. The van der Waals surface area contributed by atoms with Crippen LogP contribution in [0.5, 0.6) is 5.75 Å². The quantitative estimate of drug-likeness (QED) is 0.771. The van der Waals surface area contributed by atoms with Crippen molar-refractivity contribution in [3.8, 4) is 5.75 Å². The highest BCUT2D eigenvalue weighted by Gasteiger charge is 2.06. The zero-order chi connectivity index (χ0) is 17.4. The summed E-state index contributed by atoms with van der Waals surface area (Å²) in [5.74, 6) is 0.743. The Morgan fingerprint density at radius 3 is 2.67 bits per heavy atom. The van der Waals surface area contributed by atoms with Gasteiger partial charge in [0.1, 0.15) is 12.4 Å². The lowest BCUT2D eigenvalue weighted by Gasteiger charge is -2.12. The Hall–Kier alpha value is -2.04. The first kappa shape index (κ1) is 18.3. The largest absolute Gasteiger partial charge is 0.489 e. The van der Waals surface area contributed by atoms with Gasteiger partial charge in [0.25, 0.3) is 0 Å². The van der Waals surface area contributed by atoms with E-state index in [9.17, 15) is 4.79 Å². The highest BCUT2D eigenvalue weighted by Crippen LogP contribution is 2.17. The maximum atomic E-state index is 12.0. The average molecular weight is 347 g/mol. The first-order valence-corrected chi connectivity index (χ1v) is 8.35. The van der Waals surface area contributed by atoms with E-state index >= 15 is 0 Å². The van der Waals surface area contributed by atoms with Crippen LogP contribution in [0.1, 0.15) is 18.1 Å². The van der Waals surface area contributed by atoms with E-state index in [0.717, 1.165) is 16.9 Å². The van der Waals surface area contributed by atoms with Crippen molar-refractivity contribution in [2.75, 3.05) is 13.6 Å². The van der Waals surface area contributed by atoms with Crippen LogP contribution in [-0.2, 0) is 17.8 Å². The molecule has 0 aliphatic heterocycles. The summed E-state index contributed by atoms with van der Waals surface area (Å²) in [6, 6.07) is 15.4. The Morgan fingerprint density at radius 1 is 1.17 bits per heavy atom. The molecular formula is C19H23ClN2O2. The number of carbonyl (C=O) groups excluding carboxylic acids is 1. The SMILES string of the molecule is CNC(C)CNC(=O)Cc1cccc(OCc2cccc(Cl)c2)c1. The molecule has 5 heteroatoms. The maximum Gasteiger partial charge on any atom is 0.224 e. The van der Waals surface area contributed by atoms with Crippen molar-refractivity contribution in [1.29, 1.82) is 0 Å². The average Bonchev–Trinajstić information content (AvgIpc) is 2.58. The highest BCUT2D eigenvalue weighted by molar-refractivity contribution is 6.30. The van der Waals surface area contributed by atoms with Gasteiger partial charge in [-0.1, -0.05) is 35.9 Å². The fourth-order valence-corrected chi connectivity index (χ4v) is 2.37. The van der Waals surface area contributed by atoms with Crippen LogP contribution < -0.4 is 15.4 Å². The Balaban J connectivity index is 1.88. The number of benzene rings is 2. The molecule has 0 saturated heterocycles. The lowest BCUT2D eigenvalue weighted by molar-refractivity contribution is -0.120. The van der Waals surface area contributed by atoms with Gasteiger partial charge in [-0.2, -0.15) is 0 Å². The van der Waals surface area contributed by atoms with Gasteiger partial charge in [-0.15, -0.1) is 0 Å². The number of amides is 1. The topological polar surface area (TPSA) is 50.4 Å². The van der Waals surface area contributed by atoms with Crippen molar-refractivity contribution >= 4 is 17.5 Å². The van der Waals surface area contributed by atoms with Gasteiger partial charge < -0.3 is 15.4 Å². The van der Waals surface area contributed by atoms with E-state index in [-0.39, 0.29) is 11.9 Å². The van der Waals surface area contributed by atoms with Gasteiger partial charge in [0.15, 0.2) is 0 Å². The third-order valence-electron chi connectivity index (χ3n) is 3.66. The van der Waals surface area contributed by atoms with E-state index < -0.39 is 0 Å². The van der Waals surface area contributed by atoms with Crippen molar-refractivity contribution in [3.63, 3.8) is 0 Å². The molecule has 1 amide bonds. The van der Waals surface area contributed by atoms with Gasteiger partial charge in [-0.25, -0.2) is 0 Å². The molecule has 0 fully saturated rings. The number of ether oxygens (including phenoxy) is 1. The smallest absolute Gasteiger partial charge is 0.224 e. The summed E-state index contributed by atoms with van der Waals surface area (Å²) in [5.41, 5.74) is 1.93. The molecule has 0 aliphatic carbocycles. The normalized spacial score (nSPS) is 11.8. The lowest BCUT2D eigenvalue weighted by Crippen LogP contribution is -2.37. The number of rotatable bonds is 8. The summed E-state index contributed by atoms with van der Waals surface area (Å²) in [4.78, 5) is 12.0. The summed E-state index contributed by atoms with van der Waals surface area (Å²) in [7, 11) is 1.87. The van der Waals surface area contributed by atoms with E-state index in [1.165, 1.54) is 0 Å². The second-order valence-corrected chi connectivity index (χ2v) is 6.17. The molecule has 1 atom stereocenters. The van der Waals surface area contributed by atoms with Crippen LogP contribution in [0.2, 0.25) is 5.02 Å². The van der Waals surface area contributed by atoms with Crippen LogP contribution in [0.4, 0.5) is 0 Å². The minimum Gasteiger partial charge on any atom is -0.489 e. The molecule has 0 aliphatic rings. The van der Waals surface area contributed by atoms with E-state index in [1.807, 2.05) is 62.5 Å². The first-order valence-electron chi connectivity index (χ1n) is 7.97. The van der Waals surface area contributed by atoms with Gasteiger partial charge in [0, 0.05) is 17.6 Å². The van der Waals surface area contributed by atoms with Gasteiger partial charge in [0.2, 0.25) is 5.91 Å². The zero-order valence-corrected chi connectivity index (χ0v) is 14.8. The third-order valence-corrected chi connectivity index (χ3v) is 3.89. The van der Waals surface area contributed by atoms with Crippen molar-refractivity contribution < 1.29 is 9.53 Å². The van der Waals surface area contributed by atoms with E-state index in [2.05, 4.69) is 10.6 Å².